The highest BCUT2D eigenvalue weighted by atomic mass is 19.3. The number of fused-ring (bicyclic) bond motifs is 1. The Hall–Kier alpha value is -3.08. The molecule has 4 rings (SSSR count). The van der Waals surface area contributed by atoms with Crippen molar-refractivity contribution in [3.8, 4) is 0 Å². The molecule has 1 aliphatic heterocycles. The molecule has 1 aliphatic rings. The molecular formula is C16H18F2N8O. The normalized spacial score (nSPS) is 17.0. The topological polar surface area (TPSA) is 101 Å². The third-order valence-electron chi connectivity index (χ3n) is 4.32. The average molecular weight is 376 g/mol. The van der Waals surface area contributed by atoms with Gasteiger partial charge in [0.05, 0.1) is 11.9 Å². The first kappa shape index (κ1) is 17.3. The molecule has 3 N–H and O–H groups in total. The lowest BCUT2D eigenvalue weighted by atomic mass is 10.2. The zero-order valence-electron chi connectivity index (χ0n) is 14.5. The summed E-state index contributed by atoms with van der Waals surface area (Å²) in [6, 6.07) is 3.79. The number of nitrogens with one attached hydrogen (secondary N) is 3. The van der Waals surface area contributed by atoms with Gasteiger partial charge in [0, 0.05) is 25.8 Å². The van der Waals surface area contributed by atoms with Crippen LogP contribution in [0, 0.1) is 0 Å². The van der Waals surface area contributed by atoms with Gasteiger partial charge in [0.15, 0.2) is 17.0 Å². The summed E-state index contributed by atoms with van der Waals surface area (Å²) in [5, 5.41) is 17.1. The minimum absolute atomic E-state index is 0.0428. The summed E-state index contributed by atoms with van der Waals surface area (Å²) in [6.45, 7) is 1.78. The Kier molecular flexibility index (Phi) is 4.44. The molecule has 1 fully saturated rings. The third-order valence-corrected chi connectivity index (χ3v) is 4.32. The van der Waals surface area contributed by atoms with Gasteiger partial charge in [-0.1, -0.05) is 0 Å². The zero-order chi connectivity index (χ0) is 19.0. The number of carbonyl (C=O) groups is 1. The van der Waals surface area contributed by atoms with Crippen molar-refractivity contribution >= 4 is 23.1 Å². The SMILES string of the molecule is Cn1cc(NC(=O)c2cnc3ccc(N[C@@H]4CCNC4)nn23)c(C(F)F)n1. The van der Waals surface area contributed by atoms with Crippen molar-refractivity contribution in [2.45, 2.75) is 18.9 Å². The first-order chi connectivity index (χ1) is 13.0. The van der Waals surface area contributed by atoms with E-state index in [0.717, 1.165) is 19.5 Å². The molecule has 0 unspecified atom stereocenters. The largest absolute Gasteiger partial charge is 0.365 e. The maximum absolute atomic E-state index is 13.1. The molecule has 1 amide bonds. The number of hydrogen-bond donors (Lipinski definition) is 3. The third kappa shape index (κ3) is 3.45. The number of aromatic nitrogens is 5. The van der Waals surface area contributed by atoms with Crippen LogP contribution in [0.2, 0.25) is 0 Å². The van der Waals surface area contributed by atoms with Gasteiger partial charge in [-0.25, -0.2) is 18.3 Å². The van der Waals surface area contributed by atoms with Crippen LogP contribution < -0.4 is 16.0 Å². The van der Waals surface area contributed by atoms with Gasteiger partial charge in [-0.3, -0.25) is 9.48 Å². The van der Waals surface area contributed by atoms with Crippen molar-refractivity contribution < 1.29 is 13.6 Å². The molecular weight excluding hydrogens is 358 g/mol. The maximum Gasteiger partial charge on any atom is 0.284 e. The molecule has 0 aliphatic carbocycles. The molecule has 0 aromatic carbocycles. The average Bonchev–Trinajstić information content (AvgIpc) is 3.34. The summed E-state index contributed by atoms with van der Waals surface area (Å²) in [5.41, 5.74) is 0.0975. The van der Waals surface area contributed by atoms with Gasteiger partial charge in [0.25, 0.3) is 12.3 Å². The first-order valence-electron chi connectivity index (χ1n) is 8.46. The molecule has 142 valence electrons. The number of imidazole rings is 1. The Morgan fingerprint density at radius 3 is 2.96 bits per heavy atom. The summed E-state index contributed by atoms with van der Waals surface area (Å²) in [7, 11) is 1.51. The van der Waals surface area contributed by atoms with Crippen LogP contribution in [0.15, 0.2) is 24.5 Å². The minimum Gasteiger partial charge on any atom is -0.365 e. The van der Waals surface area contributed by atoms with Gasteiger partial charge in [-0.05, 0) is 25.1 Å². The Morgan fingerprint density at radius 2 is 2.22 bits per heavy atom. The smallest absolute Gasteiger partial charge is 0.284 e. The molecule has 0 bridgehead atoms. The van der Waals surface area contributed by atoms with Crippen LogP contribution in [0.5, 0.6) is 0 Å². The standard InChI is InChI=1S/C16H18F2N8O/c1-25-8-10(14(24-25)15(17)18)22-16(27)11-7-20-13-3-2-12(23-26(11)13)21-9-4-5-19-6-9/h2-3,7-9,15,19H,4-6H2,1H3,(H,21,23)(H,22,27)/t9-/m1/s1. The highest BCUT2D eigenvalue weighted by Gasteiger charge is 2.22. The van der Waals surface area contributed by atoms with E-state index in [1.54, 1.807) is 12.1 Å². The van der Waals surface area contributed by atoms with Crippen LogP contribution in [0.4, 0.5) is 20.3 Å². The van der Waals surface area contributed by atoms with E-state index in [9.17, 15) is 13.6 Å². The number of amides is 1. The monoisotopic (exact) mass is 376 g/mol. The molecule has 9 nitrogen and oxygen atoms in total. The van der Waals surface area contributed by atoms with E-state index < -0.39 is 18.0 Å². The predicted octanol–water partition coefficient (Wildman–Crippen LogP) is 1.43. The second-order valence-electron chi connectivity index (χ2n) is 6.32. The molecule has 3 aromatic rings. The van der Waals surface area contributed by atoms with Crippen molar-refractivity contribution in [3.05, 3.63) is 35.9 Å². The lowest BCUT2D eigenvalue weighted by molar-refractivity contribution is 0.101. The molecule has 11 heteroatoms. The Balaban J connectivity index is 1.60. The van der Waals surface area contributed by atoms with E-state index in [0.29, 0.717) is 11.5 Å². The van der Waals surface area contributed by atoms with E-state index in [1.807, 2.05) is 0 Å². The summed E-state index contributed by atoms with van der Waals surface area (Å²) < 4.78 is 28.7. The number of nitrogens with zero attached hydrogens (tertiary/aromatic N) is 5. The van der Waals surface area contributed by atoms with E-state index in [1.165, 1.54) is 28.6 Å². The highest BCUT2D eigenvalue weighted by molar-refractivity contribution is 6.03. The number of hydrogen-bond acceptors (Lipinski definition) is 6. The molecule has 3 aromatic heterocycles. The molecule has 4 heterocycles. The molecule has 1 saturated heterocycles. The number of rotatable bonds is 5. The van der Waals surface area contributed by atoms with E-state index in [-0.39, 0.29) is 17.4 Å². The zero-order valence-corrected chi connectivity index (χ0v) is 14.5. The maximum atomic E-state index is 13.1. The summed E-state index contributed by atoms with van der Waals surface area (Å²) in [5.74, 6) is 0.0162. The Morgan fingerprint density at radius 1 is 1.37 bits per heavy atom. The highest BCUT2D eigenvalue weighted by Crippen LogP contribution is 2.25. The number of anilines is 2. The summed E-state index contributed by atoms with van der Waals surface area (Å²) in [6.07, 6.45) is 0.874. The fourth-order valence-electron chi connectivity index (χ4n) is 3.04. The second-order valence-corrected chi connectivity index (χ2v) is 6.32. The molecule has 0 saturated carbocycles. The lowest BCUT2D eigenvalue weighted by Crippen LogP contribution is -2.23. The van der Waals surface area contributed by atoms with Gasteiger partial charge in [-0.15, -0.1) is 5.10 Å². The van der Waals surface area contributed by atoms with Gasteiger partial charge in [-0.2, -0.15) is 5.10 Å². The van der Waals surface area contributed by atoms with Crippen LogP contribution in [0.25, 0.3) is 5.65 Å². The summed E-state index contributed by atoms with van der Waals surface area (Å²) in [4.78, 5) is 16.8. The Bertz CT molecular complexity index is 976. The second kappa shape index (κ2) is 6.91. The quantitative estimate of drug-likeness (QED) is 0.623. The molecule has 1 atom stereocenters. The van der Waals surface area contributed by atoms with Crippen LogP contribution in [0.3, 0.4) is 0 Å². The minimum atomic E-state index is -2.79. The Labute approximate surface area is 152 Å². The molecule has 0 spiro atoms. The molecule has 27 heavy (non-hydrogen) atoms. The van der Waals surface area contributed by atoms with Crippen molar-refractivity contribution in [3.63, 3.8) is 0 Å². The fraction of sp³-hybridized carbons (Fsp3) is 0.375. The van der Waals surface area contributed by atoms with Crippen molar-refractivity contribution in [1.29, 1.82) is 0 Å². The fourth-order valence-corrected chi connectivity index (χ4v) is 3.04. The lowest BCUT2D eigenvalue weighted by Gasteiger charge is -2.12. The summed E-state index contributed by atoms with van der Waals surface area (Å²) >= 11 is 0. The van der Waals surface area contributed by atoms with E-state index in [4.69, 9.17) is 0 Å². The number of halogens is 2. The van der Waals surface area contributed by atoms with E-state index >= 15 is 0 Å². The van der Waals surface area contributed by atoms with Crippen LogP contribution in [-0.2, 0) is 7.05 Å². The molecule has 0 radical (unpaired) electrons. The predicted molar refractivity (Wildman–Crippen MR) is 94.0 cm³/mol. The number of carbonyl (C=O) groups excluding carboxylic acids is 1. The first-order valence-corrected chi connectivity index (χ1v) is 8.46. The van der Waals surface area contributed by atoms with Gasteiger partial charge >= 0.3 is 0 Å². The van der Waals surface area contributed by atoms with Crippen LogP contribution in [0.1, 0.15) is 29.0 Å². The van der Waals surface area contributed by atoms with Crippen molar-refractivity contribution in [2.24, 2.45) is 7.05 Å². The van der Waals surface area contributed by atoms with Gasteiger partial charge in [0.2, 0.25) is 0 Å². The van der Waals surface area contributed by atoms with Crippen molar-refractivity contribution in [1.82, 2.24) is 29.7 Å². The van der Waals surface area contributed by atoms with Gasteiger partial charge < -0.3 is 16.0 Å². The van der Waals surface area contributed by atoms with Crippen LogP contribution >= 0.6 is 0 Å². The van der Waals surface area contributed by atoms with Gasteiger partial charge in [0.1, 0.15) is 5.82 Å². The van der Waals surface area contributed by atoms with Crippen LogP contribution in [-0.4, -0.2) is 49.4 Å². The van der Waals surface area contributed by atoms with Crippen molar-refractivity contribution in [2.75, 3.05) is 23.7 Å². The number of aryl methyl sites for hydroxylation is 1. The van der Waals surface area contributed by atoms with E-state index in [2.05, 4.69) is 31.1 Å². The number of alkyl halides is 2.